The first-order chi connectivity index (χ1) is 9.00. The van der Waals surface area contributed by atoms with E-state index in [1.165, 1.54) is 16.7 Å². The Morgan fingerprint density at radius 3 is 2.32 bits per heavy atom. The number of imide groups is 1. The minimum Gasteiger partial charge on any atom is -0.379 e. The van der Waals surface area contributed by atoms with Crippen molar-refractivity contribution in [3.05, 3.63) is 35.4 Å². The summed E-state index contributed by atoms with van der Waals surface area (Å²) in [4.78, 5) is 25.3. The number of alkyl halides is 1. The molecular formula is C12H12BrN3O2S. The summed E-state index contributed by atoms with van der Waals surface area (Å²) in [6, 6.07) is 6.79. The van der Waals surface area contributed by atoms with E-state index in [2.05, 4.69) is 15.9 Å². The number of benzene rings is 1. The third-order valence-electron chi connectivity index (χ3n) is 2.68. The number of amidine groups is 1. The second-order valence-electron chi connectivity index (χ2n) is 4.04. The van der Waals surface area contributed by atoms with Crippen molar-refractivity contribution in [3.8, 4) is 0 Å². The standard InChI is InChI=1S/C12H12BrN3O2S/c13-7(6-19-12(14)15)5-16-10(17)8-3-1-2-4-9(8)11(16)18/h1-4,7H,5-6H2,(H3,14,15)/t7-/m1/s1. The molecule has 1 aliphatic heterocycles. The van der Waals surface area contributed by atoms with Crippen molar-refractivity contribution in [2.75, 3.05) is 12.3 Å². The number of nitrogens with two attached hydrogens (primary N) is 1. The Morgan fingerprint density at radius 2 is 1.84 bits per heavy atom. The van der Waals surface area contributed by atoms with E-state index in [1.807, 2.05) is 0 Å². The van der Waals surface area contributed by atoms with Crippen LogP contribution in [-0.2, 0) is 0 Å². The van der Waals surface area contributed by atoms with Gasteiger partial charge in [-0.25, -0.2) is 0 Å². The molecule has 1 aromatic rings. The molecule has 5 nitrogen and oxygen atoms in total. The van der Waals surface area contributed by atoms with Gasteiger partial charge in [-0.15, -0.1) is 0 Å². The Hall–Kier alpha value is -1.34. The van der Waals surface area contributed by atoms with Gasteiger partial charge in [-0.05, 0) is 12.1 Å². The molecule has 3 N–H and O–H groups in total. The SMILES string of the molecule is N=C(N)SC[C@H](Br)CN1C(=O)c2ccccc2C1=O. The number of carbonyl (C=O) groups excluding carboxylic acids is 2. The van der Waals surface area contributed by atoms with Gasteiger partial charge in [-0.2, -0.15) is 0 Å². The van der Waals surface area contributed by atoms with Crippen molar-refractivity contribution in [2.24, 2.45) is 5.73 Å². The van der Waals surface area contributed by atoms with Gasteiger partial charge in [0, 0.05) is 17.1 Å². The number of hydrogen-bond acceptors (Lipinski definition) is 4. The molecule has 0 bridgehead atoms. The van der Waals surface area contributed by atoms with Crippen molar-refractivity contribution in [3.63, 3.8) is 0 Å². The molecule has 2 amide bonds. The number of hydrogen-bond donors (Lipinski definition) is 2. The van der Waals surface area contributed by atoms with E-state index >= 15 is 0 Å². The van der Waals surface area contributed by atoms with E-state index in [-0.39, 0.29) is 28.4 Å². The Kier molecular flexibility index (Phi) is 4.26. The summed E-state index contributed by atoms with van der Waals surface area (Å²) in [5.74, 6) is -0.00122. The maximum atomic E-state index is 12.1. The summed E-state index contributed by atoms with van der Waals surface area (Å²) in [6.45, 7) is 0.270. The van der Waals surface area contributed by atoms with Crippen LogP contribution in [0.3, 0.4) is 0 Å². The topological polar surface area (TPSA) is 87.2 Å². The molecule has 2 rings (SSSR count). The van der Waals surface area contributed by atoms with Gasteiger partial charge >= 0.3 is 0 Å². The Balaban J connectivity index is 2.06. The average molecular weight is 342 g/mol. The second-order valence-corrected chi connectivity index (χ2v) is 6.40. The van der Waals surface area contributed by atoms with Gasteiger partial charge in [0.15, 0.2) is 5.17 Å². The zero-order chi connectivity index (χ0) is 14.0. The summed E-state index contributed by atoms with van der Waals surface area (Å²) < 4.78 is 0. The normalized spacial score (nSPS) is 15.5. The lowest BCUT2D eigenvalue weighted by atomic mass is 10.1. The maximum Gasteiger partial charge on any atom is 0.261 e. The van der Waals surface area contributed by atoms with Crippen LogP contribution in [-0.4, -0.2) is 39.0 Å². The van der Waals surface area contributed by atoms with E-state index in [1.54, 1.807) is 24.3 Å². The maximum absolute atomic E-state index is 12.1. The van der Waals surface area contributed by atoms with Gasteiger partial charge in [0.1, 0.15) is 0 Å². The molecule has 0 unspecified atom stereocenters. The third kappa shape index (κ3) is 2.98. The Bertz CT molecular complexity index is 515. The van der Waals surface area contributed by atoms with Crippen LogP contribution in [0.4, 0.5) is 0 Å². The average Bonchev–Trinajstić information content (AvgIpc) is 2.62. The van der Waals surface area contributed by atoms with Gasteiger partial charge in [0.05, 0.1) is 11.1 Å². The highest BCUT2D eigenvalue weighted by Crippen LogP contribution is 2.24. The lowest BCUT2D eigenvalue weighted by molar-refractivity contribution is 0.0657. The predicted octanol–water partition coefficient (Wildman–Crippen LogP) is 1.67. The largest absolute Gasteiger partial charge is 0.379 e. The predicted molar refractivity (Wildman–Crippen MR) is 78.9 cm³/mol. The lowest BCUT2D eigenvalue weighted by Crippen LogP contribution is -2.35. The van der Waals surface area contributed by atoms with Crippen LogP contribution < -0.4 is 5.73 Å². The van der Waals surface area contributed by atoms with E-state index in [4.69, 9.17) is 11.1 Å². The fourth-order valence-corrected chi connectivity index (χ4v) is 2.99. The highest BCUT2D eigenvalue weighted by molar-refractivity contribution is 9.09. The molecule has 0 saturated carbocycles. The van der Waals surface area contributed by atoms with Gasteiger partial charge in [0.25, 0.3) is 11.8 Å². The van der Waals surface area contributed by atoms with E-state index in [0.29, 0.717) is 16.9 Å². The molecule has 0 spiro atoms. The molecule has 7 heteroatoms. The minimum absolute atomic E-state index is 0.0202. The van der Waals surface area contributed by atoms with Crippen LogP contribution in [0.2, 0.25) is 0 Å². The monoisotopic (exact) mass is 341 g/mol. The highest BCUT2D eigenvalue weighted by atomic mass is 79.9. The zero-order valence-corrected chi connectivity index (χ0v) is 12.3. The van der Waals surface area contributed by atoms with E-state index in [9.17, 15) is 9.59 Å². The van der Waals surface area contributed by atoms with Gasteiger partial charge < -0.3 is 5.73 Å². The summed E-state index contributed by atoms with van der Waals surface area (Å²) in [5, 5.41) is 7.15. The molecule has 1 atom stereocenters. The van der Waals surface area contributed by atoms with Crippen molar-refractivity contribution >= 4 is 44.7 Å². The van der Waals surface area contributed by atoms with E-state index in [0.717, 1.165) is 0 Å². The molecule has 0 radical (unpaired) electrons. The first-order valence-electron chi connectivity index (χ1n) is 5.57. The third-order valence-corrected chi connectivity index (χ3v) is 4.60. The molecule has 0 aliphatic carbocycles. The molecular weight excluding hydrogens is 330 g/mol. The number of nitrogens with one attached hydrogen (secondary N) is 1. The smallest absolute Gasteiger partial charge is 0.261 e. The molecule has 1 heterocycles. The minimum atomic E-state index is -0.266. The molecule has 0 fully saturated rings. The first kappa shape index (κ1) is 14.1. The molecule has 0 aromatic heterocycles. The van der Waals surface area contributed by atoms with Crippen molar-refractivity contribution in [1.29, 1.82) is 5.41 Å². The van der Waals surface area contributed by atoms with E-state index < -0.39 is 0 Å². The fourth-order valence-electron chi connectivity index (χ4n) is 1.84. The van der Waals surface area contributed by atoms with Crippen LogP contribution in [0, 0.1) is 5.41 Å². The van der Waals surface area contributed by atoms with Gasteiger partial charge in [0.2, 0.25) is 0 Å². The number of halogens is 1. The van der Waals surface area contributed by atoms with Crippen molar-refractivity contribution < 1.29 is 9.59 Å². The van der Waals surface area contributed by atoms with Crippen molar-refractivity contribution in [1.82, 2.24) is 4.90 Å². The molecule has 1 aliphatic rings. The number of amides is 2. The number of nitrogens with zero attached hydrogens (tertiary/aromatic N) is 1. The number of thioether (sulfide) groups is 1. The summed E-state index contributed by atoms with van der Waals surface area (Å²) in [6.07, 6.45) is 0. The Morgan fingerprint density at radius 1 is 1.32 bits per heavy atom. The highest BCUT2D eigenvalue weighted by Gasteiger charge is 2.35. The summed E-state index contributed by atoms with van der Waals surface area (Å²) in [5.41, 5.74) is 6.15. The first-order valence-corrected chi connectivity index (χ1v) is 7.47. The van der Waals surface area contributed by atoms with Gasteiger partial charge in [-0.1, -0.05) is 39.8 Å². The number of rotatable bonds is 4. The lowest BCUT2D eigenvalue weighted by Gasteiger charge is -2.17. The van der Waals surface area contributed by atoms with Crippen LogP contribution in [0.15, 0.2) is 24.3 Å². The second kappa shape index (κ2) is 5.75. The van der Waals surface area contributed by atoms with Gasteiger partial charge in [-0.3, -0.25) is 19.9 Å². The van der Waals surface area contributed by atoms with Crippen LogP contribution in [0.5, 0.6) is 0 Å². The van der Waals surface area contributed by atoms with Crippen LogP contribution in [0.25, 0.3) is 0 Å². The molecule has 19 heavy (non-hydrogen) atoms. The molecule has 0 saturated heterocycles. The quantitative estimate of drug-likeness (QED) is 0.377. The van der Waals surface area contributed by atoms with Crippen LogP contribution >= 0.6 is 27.7 Å². The summed E-state index contributed by atoms with van der Waals surface area (Å²) >= 11 is 4.57. The van der Waals surface area contributed by atoms with Crippen molar-refractivity contribution in [2.45, 2.75) is 4.83 Å². The number of carbonyl (C=O) groups is 2. The molecule has 100 valence electrons. The molecule has 1 aromatic carbocycles. The summed E-state index contributed by atoms with van der Waals surface area (Å²) in [7, 11) is 0. The van der Waals surface area contributed by atoms with Crippen LogP contribution in [0.1, 0.15) is 20.7 Å². The fraction of sp³-hybridized carbons (Fsp3) is 0.250. The Labute approximate surface area is 123 Å². The zero-order valence-electron chi connectivity index (χ0n) is 9.93. The number of fused-ring (bicyclic) bond motifs is 1.